The molecule has 1 aliphatic carbocycles. The maximum atomic E-state index is 14.1. The van der Waals surface area contributed by atoms with Crippen molar-refractivity contribution in [2.24, 2.45) is 4.99 Å². The highest BCUT2D eigenvalue weighted by atomic mass is 79.9. The van der Waals surface area contributed by atoms with E-state index >= 15 is 0 Å². The van der Waals surface area contributed by atoms with Gasteiger partial charge in [-0.1, -0.05) is 95.2 Å². The highest BCUT2D eigenvalue weighted by molar-refractivity contribution is 9.10. The number of hydrogen-bond acceptors (Lipinski definition) is 5. The van der Waals surface area contributed by atoms with Crippen LogP contribution in [0.2, 0.25) is 10.0 Å². The molecule has 5 aromatic rings. The summed E-state index contributed by atoms with van der Waals surface area (Å²) in [7, 11) is 1.59. The van der Waals surface area contributed by atoms with Crippen LogP contribution in [0.3, 0.4) is 0 Å². The number of hydrogen-bond donors (Lipinski definition) is 0. The Balaban J connectivity index is 1.31. The van der Waals surface area contributed by atoms with Gasteiger partial charge in [-0.25, -0.2) is 4.99 Å². The van der Waals surface area contributed by atoms with Crippen molar-refractivity contribution in [3.05, 3.63) is 153 Å². The first-order valence-corrected chi connectivity index (χ1v) is 16.4. The number of fused-ring (bicyclic) bond motifs is 3. The molecule has 1 aliphatic heterocycles. The Labute approximate surface area is 276 Å². The molecule has 2 aliphatic rings. The minimum absolute atomic E-state index is 0.0687. The highest BCUT2D eigenvalue weighted by Crippen LogP contribution is 2.41. The largest absolute Gasteiger partial charge is 0.493 e. The molecule has 0 bridgehead atoms. The van der Waals surface area contributed by atoms with E-state index in [0.717, 1.165) is 40.8 Å². The van der Waals surface area contributed by atoms with Gasteiger partial charge in [0.15, 0.2) is 16.3 Å². The normalized spacial score (nSPS) is 15.7. The molecule has 0 saturated carbocycles. The molecule has 0 amide bonds. The van der Waals surface area contributed by atoms with Crippen LogP contribution in [0.1, 0.15) is 40.3 Å². The number of thiazole rings is 1. The van der Waals surface area contributed by atoms with Crippen molar-refractivity contribution in [3.63, 3.8) is 0 Å². The molecule has 1 aromatic heterocycles. The van der Waals surface area contributed by atoms with E-state index in [-0.39, 0.29) is 18.2 Å². The molecular formula is C35H25BrCl2N2O3S. The van der Waals surface area contributed by atoms with Crippen LogP contribution < -0.4 is 24.4 Å². The van der Waals surface area contributed by atoms with Gasteiger partial charge in [-0.3, -0.25) is 9.36 Å². The Bertz CT molecular complexity index is 2140. The molecule has 0 N–H and O–H groups in total. The van der Waals surface area contributed by atoms with E-state index in [9.17, 15) is 4.79 Å². The minimum atomic E-state index is -0.213. The van der Waals surface area contributed by atoms with Crippen LogP contribution >= 0.6 is 50.5 Å². The predicted molar refractivity (Wildman–Crippen MR) is 181 cm³/mol. The van der Waals surface area contributed by atoms with Gasteiger partial charge in [-0.2, -0.15) is 0 Å². The quantitative estimate of drug-likeness (QED) is 0.180. The maximum Gasteiger partial charge on any atom is 0.271 e. The molecule has 0 saturated heterocycles. The molecule has 0 spiro atoms. The Hall–Kier alpha value is -3.62. The lowest BCUT2D eigenvalue weighted by atomic mass is 9.83. The molecule has 0 radical (unpaired) electrons. The molecule has 2 heterocycles. The molecule has 1 unspecified atom stereocenters. The average molecular weight is 704 g/mol. The maximum absolute atomic E-state index is 14.1. The fraction of sp³-hybridized carbons (Fsp3) is 0.143. The van der Waals surface area contributed by atoms with Gasteiger partial charge < -0.3 is 9.47 Å². The third kappa shape index (κ3) is 5.32. The molecule has 1 atom stereocenters. The van der Waals surface area contributed by atoms with Crippen molar-refractivity contribution in [1.82, 2.24) is 4.57 Å². The fourth-order valence-corrected chi connectivity index (χ4v) is 7.90. The first-order chi connectivity index (χ1) is 21.4. The van der Waals surface area contributed by atoms with E-state index in [0.29, 0.717) is 35.4 Å². The van der Waals surface area contributed by atoms with Crippen molar-refractivity contribution in [3.8, 4) is 11.5 Å². The Morgan fingerprint density at radius 3 is 2.61 bits per heavy atom. The zero-order chi connectivity index (χ0) is 30.4. The lowest BCUT2D eigenvalue weighted by molar-refractivity contribution is 0.282. The summed E-state index contributed by atoms with van der Waals surface area (Å²) in [5.74, 6) is 1.06. The van der Waals surface area contributed by atoms with Gasteiger partial charge in [0.2, 0.25) is 0 Å². The summed E-state index contributed by atoms with van der Waals surface area (Å²) in [5, 5.41) is 1.09. The van der Waals surface area contributed by atoms with Crippen molar-refractivity contribution in [1.29, 1.82) is 0 Å². The number of allylic oxidation sites excluding steroid dienone is 1. The van der Waals surface area contributed by atoms with Gasteiger partial charge in [0, 0.05) is 21.2 Å². The number of rotatable bonds is 6. The molecule has 7 rings (SSSR count). The summed E-state index contributed by atoms with van der Waals surface area (Å²) in [6.07, 6.45) is 3.66. The molecule has 4 aromatic carbocycles. The first-order valence-electron chi connectivity index (χ1n) is 14.0. The van der Waals surface area contributed by atoms with E-state index < -0.39 is 0 Å². The second-order valence-electron chi connectivity index (χ2n) is 10.6. The number of aromatic nitrogens is 1. The third-order valence-electron chi connectivity index (χ3n) is 7.92. The number of ether oxygens (including phenoxy) is 2. The Morgan fingerprint density at radius 2 is 1.82 bits per heavy atom. The molecular weight excluding hydrogens is 679 g/mol. The van der Waals surface area contributed by atoms with Gasteiger partial charge >= 0.3 is 0 Å². The second-order valence-corrected chi connectivity index (χ2v) is 13.3. The molecule has 220 valence electrons. The standard InChI is InChI=1S/C35H25BrCl2N2O3S/c1-42-29-16-20(15-27(36)33(29)43-19-23-11-13-24(37)18-28(23)38)17-30-34(41)40-32(22-8-3-2-4-9-22)26-14-12-21-7-5-6-10-25(21)31(26)39-35(40)44-30/h2-11,13,15-18,32H,12,14,19H2,1H3/b30-17-. The SMILES string of the molecule is COc1cc(/C=c2\sc3n(c2=O)C(c2ccccc2)C2=C(N=3)c3ccccc3CC2)cc(Br)c1OCc1ccc(Cl)cc1Cl. The van der Waals surface area contributed by atoms with Gasteiger partial charge in [0.05, 0.1) is 27.9 Å². The van der Waals surface area contributed by atoms with E-state index in [2.05, 4.69) is 52.3 Å². The number of aryl methyl sites for hydroxylation is 1. The van der Waals surface area contributed by atoms with Crippen LogP contribution in [-0.4, -0.2) is 11.7 Å². The van der Waals surface area contributed by atoms with E-state index in [1.165, 1.54) is 22.5 Å². The predicted octanol–water partition coefficient (Wildman–Crippen LogP) is 7.98. The van der Waals surface area contributed by atoms with Crippen molar-refractivity contribution < 1.29 is 9.47 Å². The molecule has 5 nitrogen and oxygen atoms in total. The molecule has 9 heteroatoms. The van der Waals surface area contributed by atoms with Crippen LogP contribution in [0.15, 0.2) is 105 Å². The van der Waals surface area contributed by atoms with Crippen LogP contribution in [0, 0.1) is 0 Å². The number of methoxy groups -OCH3 is 1. The third-order valence-corrected chi connectivity index (χ3v) is 10.1. The number of nitrogens with zero attached hydrogens (tertiary/aromatic N) is 2. The Morgan fingerprint density at radius 1 is 1.02 bits per heavy atom. The fourth-order valence-electron chi connectivity index (χ4n) is 5.86. The van der Waals surface area contributed by atoms with Crippen LogP contribution in [-0.2, 0) is 13.0 Å². The molecule has 0 fully saturated rings. The summed E-state index contributed by atoms with van der Waals surface area (Å²) < 4.78 is 14.9. The van der Waals surface area contributed by atoms with Gasteiger partial charge in [0.1, 0.15) is 6.61 Å². The minimum Gasteiger partial charge on any atom is -0.493 e. The summed E-state index contributed by atoms with van der Waals surface area (Å²) in [6, 6.07) is 27.5. The van der Waals surface area contributed by atoms with E-state index in [1.807, 2.05) is 47.0 Å². The average Bonchev–Trinajstić information content (AvgIpc) is 3.34. The van der Waals surface area contributed by atoms with Gasteiger partial charge in [-0.05, 0) is 81.4 Å². The monoisotopic (exact) mass is 702 g/mol. The smallest absolute Gasteiger partial charge is 0.271 e. The van der Waals surface area contributed by atoms with E-state index in [4.69, 9.17) is 37.7 Å². The van der Waals surface area contributed by atoms with E-state index in [1.54, 1.807) is 19.2 Å². The number of halogens is 3. The van der Waals surface area contributed by atoms with Crippen molar-refractivity contribution in [2.45, 2.75) is 25.5 Å². The topological polar surface area (TPSA) is 52.8 Å². The van der Waals surface area contributed by atoms with Crippen molar-refractivity contribution >= 4 is 62.2 Å². The van der Waals surface area contributed by atoms with Crippen LogP contribution in [0.25, 0.3) is 11.8 Å². The van der Waals surface area contributed by atoms with Gasteiger partial charge in [-0.15, -0.1) is 0 Å². The number of benzene rings is 4. The first kappa shape index (κ1) is 29.1. The zero-order valence-electron chi connectivity index (χ0n) is 23.5. The summed E-state index contributed by atoms with van der Waals surface area (Å²) in [4.78, 5) is 19.9. The molecule has 44 heavy (non-hydrogen) atoms. The second kappa shape index (κ2) is 12.1. The lowest BCUT2D eigenvalue weighted by Gasteiger charge is -2.30. The van der Waals surface area contributed by atoms with Crippen LogP contribution in [0.4, 0.5) is 0 Å². The lowest BCUT2D eigenvalue weighted by Crippen LogP contribution is -2.38. The summed E-state index contributed by atoms with van der Waals surface area (Å²) >= 11 is 17.4. The van der Waals surface area contributed by atoms with Gasteiger partial charge in [0.25, 0.3) is 5.56 Å². The zero-order valence-corrected chi connectivity index (χ0v) is 27.4. The summed E-state index contributed by atoms with van der Waals surface area (Å²) in [6.45, 7) is 0.232. The highest BCUT2D eigenvalue weighted by Gasteiger charge is 2.32. The van der Waals surface area contributed by atoms with Crippen molar-refractivity contribution in [2.75, 3.05) is 7.11 Å². The summed E-state index contributed by atoms with van der Waals surface area (Å²) in [5.41, 5.74) is 7.21. The van der Waals surface area contributed by atoms with Crippen LogP contribution in [0.5, 0.6) is 11.5 Å². The Kier molecular flexibility index (Phi) is 7.97.